The Labute approximate surface area is 127 Å². The molecule has 0 saturated carbocycles. The Balaban J connectivity index is 1.80. The summed E-state index contributed by atoms with van der Waals surface area (Å²) < 4.78 is 15.3. The summed E-state index contributed by atoms with van der Waals surface area (Å²) >= 11 is 0. The maximum absolute atomic E-state index is 13.5. The first-order valence-electron chi connectivity index (χ1n) is 7.39. The van der Waals surface area contributed by atoms with Crippen LogP contribution in [-0.2, 0) is 7.05 Å². The molecular weight excluding hydrogens is 281 g/mol. The van der Waals surface area contributed by atoms with E-state index in [2.05, 4.69) is 20.0 Å². The van der Waals surface area contributed by atoms with Gasteiger partial charge in [0.25, 0.3) is 0 Å². The molecule has 0 amide bonds. The number of fused-ring (bicyclic) bond motifs is 1. The summed E-state index contributed by atoms with van der Waals surface area (Å²) in [5.41, 5.74) is 1.81. The molecule has 1 aliphatic rings. The van der Waals surface area contributed by atoms with Crippen LogP contribution in [0.4, 0.5) is 10.2 Å². The molecule has 3 heterocycles. The third-order valence-corrected chi connectivity index (χ3v) is 4.27. The molecule has 1 atom stereocenters. The molecule has 6 heteroatoms. The van der Waals surface area contributed by atoms with Crippen molar-refractivity contribution < 1.29 is 4.39 Å². The van der Waals surface area contributed by atoms with E-state index in [9.17, 15) is 4.39 Å². The number of hydrogen-bond acceptors (Lipinski definition) is 4. The second-order valence-corrected chi connectivity index (χ2v) is 5.61. The molecule has 0 spiro atoms. The van der Waals surface area contributed by atoms with E-state index in [0.717, 1.165) is 41.8 Å². The molecule has 1 saturated heterocycles. The molecule has 5 nitrogen and oxygen atoms in total. The highest BCUT2D eigenvalue weighted by atomic mass is 19.1. The minimum atomic E-state index is -0.196. The number of rotatable bonds is 2. The van der Waals surface area contributed by atoms with E-state index in [-0.39, 0.29) is 11.9 Å². The first-order chi connectivity index (χ1) is 10.7. The number of aryl methyl sites for hydroxylation is 1. The third-order valence-electron chi connectivity index (χ3n) is 4.27. The summed E-state index contributed by atoms with van der Waals surface area (Å²) in [5.74, 6) is 0.684. The molecule has 22 heavy (non-hydrogen) atoms. The highest BCUT2D eigenvalue weighted by Crippen LogP contribution is 2.37. The second kappa shape index (κ2) is 5.05. The average molecular weight is 297 g/mol. The molecule has 1 aromatic carbocycles. The fourth-order valence-electron chi connectivity index (χ4n) is 3.26. The molecule has 0 bridgehead atoms. The van der Waals surface area contributed by atoms with Crippen LogP contribution in [0.1, 0.15) is 24.4 Å². The normalized spacial score (nSPS) is 18.3. The lowest BCUT2D eigenvalue weighted by molar-refractivity contribution is 0.618. The molecule has 4 rings (SSSR count). The van der Waals surface area contributed by atoms with Crippen LogP contribution in [0.25, 0.3) is 11.0 Å². The van der Waals surface area contributed by atoms with Gasteiger partial charge in [-0.05, 0) is 30.5 Å². The largest absolute Gasteiger partial charge is 0.349 e. The number of halogens is 1. The standard InChI is InChI=1S/C16H16FN5/c1-21-15-13(9-20-21)16(19-10-18-15)22-7-3-6-14(22)11-4-2-5-12(17)8-11/h2,4-5,8-10,14H,3,6-7H2,1H3/t14-/m1/s1. The van der Waals surface area contributed by atoms with Gasteiger partial charge in [0.1, 0.15) is 18.0 Å². The molecule has 2 aromatic heterocycles. The topological polar surface area (TPSA) is 46.8 Å². The number of benzene rings is 1. The van der Waals surface area contributed by atoms with E-state index >= 15 is 0 Å². The van der Waals surface area contributed by atoms with E-state index in [0.29, 0.717) is 0 Å². The van der Waals surface area contributed by atoms with Crippen molar-refractivity contribution in [3.8, 4) is 0 Å². The molecule has 112 valence electrons. The lowest BCUT2D eigenvalue weighted by Crippen LogP contribution is -2.24. The maximum Gasteiger partial charge on any atom is 0.163 e. The van der Waals surface area contributed by atoms with Crippen molar-refractivity contribution in [2.24, 2.45) is 7.05 Å². The van der Waals surface area contributed by atoms with Gasteiger partial charge < -0.3 is 4.90 Å². The van der Waals surface area contributed by atoms with Crippen LogP contribution in [-0.4, -0.2) is 26.3 Å². The molecular formula is C16H16FN5. The Bertz CT molecular complexity index is 828. The van der Waals surface area contributed by atoms with Gasteiger partial charge in [-0.3, -0.25) is 4.68 Å². The molecule has 0 aliphatic carbocycles. The Morgan fingerprint density at radius 2 is 2.18 bits per heavy atom. The minimum absolute atomic E-state index is 0.147. The van der Waals surface area contributed by atoms with Crippen LogP contribution in [0.2, 0.25) is 0 Å². The van der Waals surface area contributed by atoms with Gasteiger partial charge in [0.2, 0.25) is 0 Å². The summed E-state index contributed by atoms with van der Waals surface area (Å²) in [4.78, 5) is 11.0. The number of nitrogens with zero attached hydrogens (tertiary/aromatic N) is 5. The molecule has 1 aliphatic heterocycles. The predicted molar refractivity (Wildman–Crippen MR) is 82.0 cm³/mol. The van der Waals surface area contributed by atoms with Crippen LogP contribution in [0.5, 0.6) is 0 Å². The molecule has 0 N–H and O–H groups in total. The summed E-state index contributed by atoms with van der Waals surface area (Å²) in [6.45, 7) is 0.905. The van der Waals surface area contributed by atoms with Crippen LogP contribution < -0.4 is 4.90 Å². The first-order valence-corrected chi connectivity index (χ1v) is 7.39. The van der Waals surface area contributed by atoms with E-state index < -0.39 is 0 Å². The molecule has 0 unspecified atom stereocenters. The van der Waals surface area contributed by atoms with Crippen LogP contribution >= 0.6 is 0 Å². The van der Waals surface area contributed by atoms with Gasteiger partial charge in [0.05, 0.1) is 17.6 Å². The third kappa shape index (κ3) is 2.03. The zero-order chi connectivity index (χ0) is 15.1. The van der Waals surface area contributed by atoms with Crippen molar-refractivity contribution in [3.63, 3.8) is 0 Å². The Morgan fingerprint density at radius 3 is 3.05 bits per heavy atom. The van der Waals surface area contributed by atoms with Crippen LogP contribution in [0.15, 0.2) is 36.8 Å². The van der Waals surface area contributed by atoms with Gasteiger partial charge >= 0.3 is 0 Å². The molecule has 3 aromatic rings. The average Bonchev–Trinajstić information content (AvgIpc) is 3.14. The quantitative estimate of drug-likeness (QED) is 0.730. The molecule has 0 radical (unpaired) electrons. The number of aromatic nitrogens is 4. The molecule has 1 fully saturated rings. The van der Waals surface area contributed by atoms with Gasteiger partial charge in [-0.1, -0.05) is 12.1 Å². The Hall–Kier alpha value is -2.50. The minimum Gasteiger partial charge on any atom is -0.349 e. The first kappa shape index (κ1) is 13.2. The van der Waals surface area contributed by atoms with Gasteiger partial charge in [-0.2, -0.15) is 5.10 Å². The second-order valence-electron chi connectivity index (χ2n) is 5.61. The SMILES string of the molecule is Cn1ncc2c(N3CCC[C@@H]3c3cccc(F)c3)ncnc21. The van der Waals surface area contributed by atoms with E-state index in [1.807, 2.05) is 13.1 Å². The van der Waals surface area contributed by atoms with Crippen LogP contribution in [0, 0.1) is 5.82 Å². The summed E-state index contributed by atoms with van der Waals surface area (Å²) in [5, 5.41) is 5.21. The van der Waals surface area contributed by atoms with Crippen molar-refractivity contribution in [2.75, 3.05) is 11.4 Å². The van der Waals surface area contributed by atoms with E-state index in [4.69, 9.17) is 0 Å². The van der Waals surface area contributed by atoms with Crippen molar-refractivity contribution in [2.45, 2.75) is 18.9 Å². The van der Waals surface area contributed by atoms with Crippen molar-refractivity contribution in [1.82, 2.24) is 19.7 Å². The summed E-state index contributed by atoms with van der Waals surface area (Å²) in [6, 6.07) is 6.99. The number of hydrogen-bond donors (Lipinski definition) is 0. The maximum atomic E-state index is 13.5. The summed E-state index contributed by atoms with van der Waals surface area (Å²) in [6.07, 6.45) is 5.42. The van der Waals surface area contributed by atoms with Crippen molar-refractivity contribution in [1.29, 1.82) is 0 Å². The summed E-state index contributed by atoms with van der Waals surface area (Å²) in [7, 11) is 1.87. The smallest absolute Gasteiger partial charge is 0.163 e. The Kier molecular flexibility index (Phi) is 3.03. The van der Waals surface area contributed by atoms with Gasteiger partial charge in [-0.15, -0.1) is 0 Å². The lowest BCUT2D eigenvalue weighted by Gasteiger charge is -2.26. The predicted octanol–water partition coefficient (Wildman–Crippen LogP) is 2.84. The fraction of sp³-hybridized carbons (Fsp3) is 0.312. The zero-order valence-electron chi connectivity index (χ0n) is 12.3. The van der Waals surface area contributed by atoms with Crippen LogP contribution in [0.3, 0.4) is 0 Å². The van der Waals surface area contributed by atoms with Gasteiger partial charge in [0.15, 0.2) is 5.65 Å². The Morgan fingerprint density at radius 1 is 1.27 bits per heavy atom. The van der Waals surface area contributed by atoms with E-state index in [1.54, 1.807) is 29.3 Å². The fourth-order valence-corrected chi connectivity index (χ4v) is 3.26. The highest BCUT2D eigenvalue weighted by Gasteiger charge is 2.29. The lowest BCUT2D eigenvalue weighted by atomic mass is 10.0. The monoisotopic (exact) mass is 297 g/mol. The van der Waals surface area contributed by atoms with Gasteiger partial charge in [0, 0.05) is 13.6 Å². The van der Waals surface area contributed by atoms with E-state index in [1.165, 1.54) is 6.07 Å². The van der Waals surface area contributed by atoms with Crippen molar-refractivity contribution >= 4 is 16.9 Å². The van der Waals surface area contributed by atoms with Crippen molar-refractivity contribution in [3.05, 3.63) is 48.2 Å². The zero-order valence-corrected chi connectivity index (χ0v) is 12.3. The van der Waals surface area contributed by atoms with Gasteiger partial charge in [-0.25, -0.2) is 14.4 Å². The number of anilines is 1. The highest BCUT2D eigenvalue weighted by molar-refractivity contribution is 5.87.